The van der Waals surface area contributed by atoms with Gasteiger partial charge in [0.2, 0.25) is 0 Å². The summed E-state index contributed by atoms with van der Waals surface area (Å²) in [5.74, 6) is 4.61. The Hall–Kier alpha value is -0.0800. The van der Waals surface area contributed by atoms with Crippen LogP contribution in [0.3, 0.4) is 0 Å². The normalized spacial score (nSPS) is 17.1. The zero-order valence-electron chi connectivity index (χ0n) is 6.12. The van der Waals surface area contributed by atoms with Gasteiger partial charge in [-0.05, 0) is 11.6 Å². The Morgan fingerprint density at radius 3 is 3.09 bits per heavy atom. The summed E-state index contributed by atoms with van der Waals surface area (Å²) >= 11 is 3.85. The van der Waals surface area contributed by atoms with Crippen molar-refractivity contribution in [1.82, 2.24) is 0 Å². The summed E-state index contributed by atoms with van der Waals surface area (Å²) in [6, 6.07) is 8.64. The number of thioether (sulfide) groups is 2. The van der Waals surface area contributed by atoms with Crippen LogP contribution in [-0.4, -0.2) is 5.75 Å². The van der Waals surface area contributed by atoms with Crippen molar-refractivity contribution in [2.75, 3.05) is 5.75 Å². The molecule has 0 spiro atoms. The minimum atomic E-state index is 1.17. The Kier molecular flexibility index (Phi) is 2.44. The largest absolute Gasteiger partial charge is 0.156 e. The highest BCUT2D eigenvalue weighted by atomic mass is 32.2. The Bertz CT molecular complexity index is 220. The van der Waals surface area contributed by atoms with Crippen LogP contribution in [0, 0.1) is 5.75 Å². The summed E-state index contributed by atoms with van der Waals surface area (Å²) in [6.45, 7) is 0. The van der Waals surface area contributed by atoms with Crippen LogP contribution in [0.5, 0.6) is 0 Å². The molecule has 1 aromatic rings. The van der Waals surface area contributed by atoms with Crippen molar-refractivity contribution in [2.45, 2.75) is 10.6 Å². The first-order valence-electron chi connectivity index (χ1n) is 3.61. The van der Waals surface area contributed by atoms with Gasteiger partial charge in [0.05, 0.1) is 0 Å². The molecule has 2 heteroatoms. The molecule has 0 nitrogen and oxygen atoms in total. The first-order chi connectivity index (χ1) is 5.47. The molecule has 1 aliphatic heterocycles. The van der Waals surface area contributed by atoms with Crippen molar-refractivity contribution >= 4 is 23.5 Å². The fourth-order valence-electron chi connectivity index (χ4n) is 1.08. The Morgan fingerprint density at radius 2 is 2.09 bits per heavy atom. The molecular weight excluding hydrogens is 172 g/mol. The molecule has 0 amide bonds. The molecule has 0 aliphatic carbocycles. The summed E-state index contributed by atoms with van der Waals surface area (Å²) in [5.41, 5.74) is 1.48. The highest BCUT2D eigenvalue weighted by Gasteiger charge is 2.06. The van der Waals surface area contributed by atoms with Crippen LogP contribution in [0.25, 0.3) is 0 Å². The third kappa shape index (κ3) is 1.74. The molecule has 1 heterocycles. The van der Waals surface area contributed by atoms with Gasteiger partial charge in [-0.2, -0.15) is 11.8 Å². The van der Waals surface area contributed by atoms with Gasteiger partial charge in [-0.25, -0.2) is 0 Å². The predicted octanol–water partition coefficient (Wildman–Crippen LogP) is 3.19. The molecular formula is C9H9S2. The molecule has 0 bridgehead atoms. The molecule has 11 heavy (non-hydrogen) atoms. The summed E-state index contributed by atoms with van der Waals surface area (Å²) in [4.78, 5) is 1.43. The minimum absolute atomic E-state index is 1.17. The van der Waals surface area contributed by atoms with E-state index < -0.39 is 0 Å². The van der Waals surface area contributed by atoms with Gasteiger partial charge in [0.1, 0.15) is 0 Å². The number of rotatable bonds is 0. The molecule has 0 saturated carbocycles. The second-order valence-corrected chi connectivity index (χ2v) is 4.45. The summed E-state index contributed by atoms with van der Waals surface area (Å²) in [6.07, 6.45) is 0. The van der Waals surface area contributed by atoms with Crippen LogP contribution < -0.4 is 0 Å². The van der Waals surface area contributed by atoms with Crippen LogP contribution in [0.4, 0.5) is 0 Å². The summed E-state index contributed by atoms with van der Waals surface area (Å²) in [7, 11) is 0. The Labute approximate surface area is 75.8 Å². The van der Waals surface area contributed by atoms with Gasteiger partial charge in [-0.15, -0.1) is 11.8 Å². The average molecular weight is 181 g/mol. The van der Waals surface area contributed by atoms with E-state index in [2.05, 4.69) is 30.0 Å². The van der Waals surface area contributed by atoms with Crippen LogP contribution in [0.2, 0.25) is 0 Å². The lowest BCUT2D eigenvalue weighted by Crippen LogP contribution is -1.80. The number of hydrogen-bond donors (Lipinski definition) is 0. The van der Waals surface area contributed by atoms with E-state index in [1.165, 1.54) is 22.0 Å². The molecule has 1 radical (unpaired) electrons. The van der Waals surface area contributed by atoms with Gasteiger partial charge in [-0.3, -0.25) is 0 Å². The van der Waals surface area contributed by atoms with Gasteiger partial charge in [0, 0.05) is 22.2 Å². The monoisotopic (exact) mass is 181 g/mol. The van der Waals surface area contributed by atoms with Crippen LogP contribution in [0.15, 0.2) is 29.2 Å². The quantitative estimate of drug-likeness (QED) is 0.603. The van der Waals surface area contributed by atoms with Crippen molar-refractivity contribution in [2.24, 2.45) is 0 Å². The van der Waals surface area contributed by atoms with E-state index in [0.717, 1.165) is 0 Å². The maximum Gasteiger partial charge on any atom is 0.0316 e. The highest BCUT2D eigenvalue weighted by Crippen LogP contribution is 2.32. The molecule has 0 atom stereocenters. The molecule has 0 saturated heterocycles. The summed E-state index contributed by atoms with van der Waals surface area (Å²) in [5, 5.41) is 0. The average Bonchev–Trinajstić information content (AvgIpc) is 2.28. The van der Waals surface area contributed by atoms with E-state index in [9.17, 15) is 0 Å². The van der Waals surface area contributed by atoms with Gasteiger partial charge in [0.25, 0.3) is 0 Å². The standard InChI is InChI=1S/C9H9S2/c1-2-4-9-8(3-1)7-10-5-6-11-9/h1-4,6H,5,7H2. The van der Waals surface area contributed by atoms with Crippen LogP contribution >= 0.6 is 23.5 Å². The zero-order valence-corrected chi connectivity index (χ0v) is 7.75. The first kappa shape index (κ1) is 7.56. The second kappa shape index (κ2) is 3.55. The number of hydrogen-bond acceptors (Lipinski definition) is 2. The van der Waals surface area contributed by atoms with Crippen LogP contribution in [-0.2, 0) is 5.75 Å². The van der Waals surface area contributed by atoms with E-state index in [1.54, 1.807) is 0 Å². The van der Waals surface area contributed by atoms with Gasteiger partial charge in [-0.1, -0.05) is 18.2 Å². The lowest BCUT2D eigenvalue weighted by molar-refractivity contribution is 1.28. The van der Waals surface area contributed by atoms with E-state index >= 15 is 0 Å². The highest BCUT2D eigenvalue weighted by molar-refractivity contribution is 8.04. The van der Waals surface area contributed by atoms with Gasteiger partial charge >= 0.3 is 0 Å². The van der Waals surface area contributed by atoms with Gasteiger partial charge < -0.3 is 0 Å². The fourth-order valence-corrected chi connectivity index (χ4v) is 3.05. The third-order valence-corrected chi connectivity index (χ3v) is 3.74. The Morgan fingerprint density at radius 1 is 1.18 bits per heavy atom. The third-order valence-electron chi connectivity index (χ3n) is 1.63. The second-order valence-electron chi connectivity index (χ2n) is 2.41. The maximum absolute atomic E-state index is 2.27. The SMILES string of the molecule is [CH]1CSCc2ccccc2S1. The lowest BCUT2D eigenvalue weighted by atomic mass is 10.2. The maximum atomic E-state index is 2.27. The zero-order chi connectivity index (χ0) is 7.52. The van der Waals surface area contributed by atoms with Gasteiger partial charge in [0.15, 0.2) is 0 Å². The molecule has 2 rings (SSSR count). The minimum Gasteiger partial charge on any atom is -0.156 e. The Balaban J connectivity index is 2.33. The van der Waals surface area contributed by atoms with E-state index in [4.69, 9.17) is 0 Å². The van der Waals surface area contributed by atoms with E-state index in [-0.39, 0.29) is 0 Å². The molecule has 0 fully saturated rings. The van der Waals surface area contributed by atoms with Crippen LogP contribution in [0.1, 0.15) is 5.56 Å². The predicted molar refractivity (Wildman–Crippen MR) is 52.8 cm³/mol. The van der Waals surface area contributed by atoms with E-state index in [1.807, 2.05) is 23.5 Å². The van der Waals surface area contributed by atoms with Crippen molar-refractivity contribution in [3.63, 3.8) is 0 Å². The smallest absolute Gasteiger partial charge is 0.0316 e. The number of benzene rings is 1. The van der Waals surface area contributed by atoms with Crippen molar-refractivity contribution in [3.8, 4) is 0 Å². The lowest BCUT2D eigenvalue weighted by Gasteiger charge is -2.01. The first-order valence-corrected chi connectivity index (χ1v) is 5.64. The summed E-state index contributed by atoms with van der Waals surface area (Å²) < 4.78 is 0. The molecule has 1 aromatic carbocycles. The molecule has 57 valence electrons. The van der Waals surface area contributed by atoms with Crippen molar-refractivity contribution < 1.29 is 0 Å². The molecule has 0 aromatic heterocycles. The molecule has 0 N–H and O–H groups in total. The molecule has 0 unspecified atom stereocenters. The van der Waals surface area contributed by atoms with E-state index in [0.29, 0.717) is 0 Å². The number of fused-ring (bicyclic) bond motifs is 1. The van der Waals surface area contributed by atoms with Crippen molar-refractivity contribution in [1.29, 1.82) is 0 Å². The topological polar surface area (TPSA) is 0 Å². The molecule has 1 aliphatic rings. The van der Waals surface area contributed by atoms with Crippen molar-refractivity contribution in [3.05, 3.63) is 35.6 Å². The fraction of sp³-hybridized carbons (Fsp3) is 0.222.